The van der Waals surface area contributed by atoms with E-state index in [1.165, 1.54) is 48.7 Å². The monoisotopic (exact) mass is 404 g/mol. The van der Waals surface area contributed by atoms with Gasteiger partial charge < -0.3 is 0 Å². The second-order valence-corrected chi connectivity index (χ2v) is 9.13. The Labute approximate surface area is 155 Å². The zero-order valence-corrected chi connectivity index (χ0v) is 16.0. The summed E-state index contributed by atoms with van der Waals surface area (Å²) in [6.45, 7) is 4.36. The maximum Gasteiger partial charge on any atom is 0.0959 e. The van der Waals surface area contributed by atoms with Crippen molar-refractivity contribution in [1.29, 1.82) is 0 Å². The molecule has 3 aliphatic rings. The molecule has 2 aromatic heterocycles. The third kappa shape index (κ3) is 3.05. The molecule has 4 heterocycles. The molecule has 24 heavy (non-hydrogen) atoms. The molecule has 1 aliphatic carbocycles. The summed E-state index contributed by atoms with van der Waals surface area (Å²) >= 11 is 5.32. The Morgan fingerprint density at radius 3 is 2.46 bits per heavy atom. The van der Waals surface area contributed by atoms with Crippen LogP contribution in [0, 0.1) is 0 Å². The first-order chi connectivity index (χ1) is 11.7. The predicted octanol–water partition coefficient (Wildman–Crippen LogP) is 3.64. The average Bonchev–Trinajstić information content (AvgIpc) is 3.02. The van der Waals surface area contributed by atoms with Gasteiger partial charge in [-0.3, -0.25) is 14.8 Å². The topological polar surface area (TPSA) is 32.3 Å². The first-order valence-electron chi connectivity index (χ1n) is 8.77. The van der Waals surface area contributed by atoms with Crippen LogP contribution in [-0.4, -0.2) is 44.9 Å². The van der Waals surface area contributed by atoms with Crippen LogP contribution >= 0.6 is 27.3 Å². The fourth-order valence-electron chi connectivity index (χ4n) is 4.05. The minimum absolute atomic E-state index is 0.682. The smallest absolute Gasteiger partial charge is 0.0959 e. The summed E-state index contributed by atoms with van der Waals surface area (Å²) in [4.78, 5) is 14.6. The van der Waals surface area contributed by atoms with Crippen molar-refractivity contribution in [3.63, 3.8) is 0 Å². The Kier molecular flexibility index (Phi) is 3.96. The van der Waals surface area contributed by atoms with Crippen LogP contribution in [-0.2, 0) is 13.1 Å². The van der Waals surface area contributed by atoms with Gasteiger partial charge in [0.25, 0.3) is 0 Å². The molecule has 1 saturated carbocycles. The van der Waals surface area contributed by atoms with Crippen molar-refractivity contribution in [2.45, 2.75) is 50.4 Å². The van der Waals surface area contributed by atoms with E-state index in [9.17, 15) is 0 Å². The van der Waals surface area contributed by atoms with E-state index in [2.05, 4.69) is 48.2 Å². The molecule has 2 bridgehead atoms. The van der Waals surface area contributed by atoms with E-state index in [-0.39, 0.29) is 0 Å². The molecule has 4 nitrogen and oxygen atoms in total. The van der Waals surface area contributed by atoms with E-state index in [1.54, 1.807) is 0 Å². The van der Waals surface area contributed by atoms with Crippen LogP contribution in [0.4, 0.5) is 0 Å². The number of halogens is 1. The summed E-state index contributed by atoms with van der Waals surface area (Å²) in [6.07, 6.45) is 5.90. The van der Waals surface area contributed by atoms with Crippen LogP contribution in [0.2, 0.25) is 0 Å². The maximum absolute atomic E-state index is 4.86. The summed E-state index contributed by atoms with van der Waals surface area (Å²) in [7, 11) is 0. The number of hydrogen-bond acceptors (Lipinski definition) is 5. The number of pyridine rings is 1. The van der Waals surface area contributed by atoms with Gasteiger partial charge in [-0.1, -0.05) is 0 Å². The lowest BCUT2D eigenvalue weighted by atomic mass is 10.2. The highest BCUT2D eigenvalue weighted by Crippen LogP contribution is 2.41. The van der Waals surface area contributed by atoms with Gasteiger partial charge in [-0.25, -0.2) is 4.98 Å². The van der Waals surface area contributed by atoms with Crippen molar-refractivity contribution in [3.05, 3.63) is 44.6 Å². The largest absolute Gasteiger partial charge is 0.292 e. The zero-order chi connectivity index (χ0) is 16.1. The van der Waals surface area contributed by atoms with Crippen molar-refractivity contribution in [1.82, 2.24) is 19.8 Å². The second kappa shape index (κ2) is 6.16. The molecule has 3 fully saturated rings. The Balaban J connectivity index is 1.19. The Hall–Kier alpha value is -0.820. The number of hydrogen-bond donors (Lipinski definition) is 0. The highest BCUT2D eigenvalue weighted by atomic mass is 79.9. The summed E-state index contributed by atoms with van der Waals surface area (Å²) < 4.78 is 1.05. The van der Waals surface area contributed by atoms with Crippen LogP contribution < -0.4 is 0 Å². The van der Waals surface area contributed by atoms with Gasteiger partial charge >= 0.3 is 0 Å². The highest BCUT2D eigenvalue weighted by Gasteiger charge is 2.43. The number of thiazole rings is 1. The van der Waals surface area contributed by atoms with Gasteiger partial charge in [-0.15, -0.1) is 11.3 Å². The van der Waals surface area contributed by atoms with Crippen LogP contribution in [0.25, 0.3) is 0 Å². The van der Waals surface area contributed by atoms with E-state index in [0.717, 1.165) is 23.5 Å². The second-order valence-electron chi connectivity index (χ2n) is 7.32. The lowest BCUT2D eigenvalue weighted by Gasteiger charge is -2.33. The van der Waals surface area contributed by atoms with Crippen molar-refractivity contribution < 1.29 is 0 Å². The molecule has 2 aliphatic heterocycles. The molecule has 0 spiro atoms. The number of rotatable bonds is 5. The number of aromatic nitrogens is 2. The van der Waals surface area contributed by atoms with Crippen LogP contribution in [0.15, 0.2) is 28.2 Å². The van der Waals surface area contributed by atoms with E-state index in [1.807, 2.05) is 17.5 Å². The van der Waals surface area contributed by atoms with Gasteiger partial charge in [0, 0.05) is 60.2 Å². The van der Waals surface area contributed by atoms with Gasteiger partial charge in [0.15, 0.2) is 0 Å². The predicted molar refractivity (Wildman–Crippen MR) is 99.0 cm³/mol. The maximum atomic E-state index is 4.86. The SMILES string of the molecule is Brc1ccc(CN2CC3CC2CN3Cc2csc(C3CC3)n2)nc1. The van der Waals surface area contributed by atoms with Gasteiger partial charge in [0.1, 0.15) is 0 Å². The number of fused-ring (bicyclic) bond motifs is 2. The summed E-state index contributed by atoms with van der Waals surface area (Å²) in [6, 6.07) is 5.59. The zero-order valence-electron chi connectivity index (χ0n) is 13.6. The van der Waals surface area contributed by atoms with E-state index in [4.69, 9.17) is 4.98 Å². The third-order valence-corrected chi connectivity index (χ3v) is 7.01. The van der Waals surface area contributed by atoms with Crippen molar-refractivity contribution in [3.8, 4) is 0 Å². The molecule has 6 heteroatoms. The molecule has 5 rings (SSSR count). The first-order valence-corrected chi connectivity index (χ1v) is 10.4. The molecule has 2 unspecified atom stereocenters. The highest BCUT2D eigenvalue weighted by molar-refractivity contribution is 9.10. The van der Waals surface area contributed by atoms with Gasteiger partial charge in [0.05, 0.1) is 16.4 Å². The Morgan fingerprint density at radius 2 is 1.83 bits per heavy atom. The quantitative estimate of drug-likeness (QED) is 0.761. The van der Waals surface area contributed by atoms with Crippen molar-refractivity contribution in [2.24, 2.45) is 0 Å². The minimum atomic E-state index is 0.682. The molecule has 0 radical (unpaired) electrons. The van der Waals surface area contributed by atoms with E-state index >= 15 is 0 Å². The number of piperazine rings is 1. The van der Waals surface area contributed by atoms with E-state index in [0.29, 0.717) is 12.1 Å². The fourth-order valence-corrected chi connectivity index (χ4v) is 5.26. The summed E-state index contributed by atoms with van der Waals surface area (Å²) in [5, 5.41) is 3.65. The molecule has 2 aromatic rings. The lowest BCUT2D eigenvalue weighted by Crippen LogP contribution is -2.45. The number of nitrogens with zero attached hydrogens (tertiary/aromatic N) is 4. The van der Waals surface area contributed by atoms with Crippen molar-refractivity contribution >= 4 is 27.3 Å². The average molecular weight is 405 g/mol. The van der Waals surface area contributed by atoms with Crippen molar-refractivity contribution in [2.75, 3.05) is 13.1 Å². The first kappa shape index (κ1) is 15.4. The standard InChI is InChI=1S/C18H21BrN4S/c19-13-3-4-14(20-6-13)7-22-9-17-5-16(22)10-23(17)8-15-11-24-18(21-15)12-1-2-12/h3-4,6,11-12,16-17H,1-2,5,7-10H2. The molecular formula is C18H21BrN4S. The molecular weight excluding hydrogens is 384 g/mol. The molecule has 0 amide bonds. The summed E-state index contributed by atoms with van der Waals surface area (Å²) in [5.74, 6) is 0.785. The fraction of sp³-hybridized carbons (Fsp3) is 0.556. The van der Waals surface area contributed by atoms with Gasteiger partial charge in [0.2, 0.25) is 0 Å². The van der Waals surface area contributed by atoms with Crippen LogP contribution in [0.1, 0.15) is 41.6 Å². The van der Waals surface area contributed by atoms with Crippen LogP contribution in [0.5, 0.6) is 0 Å². The minimum Gasteiger partial charge on any atom is -0.292 e. The lowest BCUT2D eigenvalue weighted by molar-refractivity contribution is 0.116. The normalized spacial score (nSPS) is 27.2. The molecule has 0 N–H and O–H groups in total. The number of likely N-dealkylation sites (tertiary alicyclic amines) is 2. The Morgan fingerprint density at radius 1 is 1.08 bits per heavy atom. The molecule has 0 aromatic carbocycles. The molecule has 126 valence electrons. The molecule has 2 saturated heterocycles. The van der Waals surface area contributed by atoms with E-state index < -0.39 is 0 Å². The van der Waals surface area contributed by atoms with Gasteiger partial charge in [-0.2, -0.15) is 0 Å². The Bertz CT molecular complexity index is 727. The summed E-state index contributed by atoms with van der Waals surface area (Å²) in [5.41, 5.74) is 2.46. The van der Waals surface area contributed by atoms with Crippen LogP contribution in [0.3, 0.4) is 0 Å². The third-order valence-electron chi connectivity index (χ3n) is 5.48. The van der Waals surface area contributed by atoms with Gasteiger partial charge in [-0.05, 0) is 47.3 Å². The molecule has 2 atom stereocenters.